The molecule has 0 saturated carbocycles. The fourth-order valence-electron chi connectivity index (χ4n) is 3.21. The first-order valence-electron chi connectivity index (χ1n) is 10.0. The summed E-state index contributed by atoms with van der Waals surface area (Å²) in [6.07, 6.45) is 0. The molecule has 1 heterocycles. The van der Waals surface area contributed by atoms with Crippen LogP contribution in [0.3, 0.4) is 0 Å². The van der Waals surface area contributed by atoms with Crippen molar-refractivity contribution in [2.45, 2.75) is 27.7 Å². The smallest absolute Gasteiger partial charge is 0.272 e. The normalized spacial score (nSPS) is 14.3. The van der Waals surface area contributed by atoms with E-state index < -0.39 is 0 Å². The van der Waals surface area contributed by atoms with Crippen molar-refractivity contribution in [3.05, 3.63) is 64.1 Å². The maximum Gasteiger partial charge on any atom is 0.272 e. The molecule has 30 heavy (non-hydrogen) atoms. The maximum absolute atomic E-state index is 13.4. The van der Waals surface area contributed by atoms with E-state index in [0.717, 1.165) is 16.9 Å². The van der Waals surface area contributed by atoms with Crippen LogP contribution in [0, 0.1) is 19.8 Å². The summed E-state index contributed by atoms with van der Waals surface area (Å²) in [6.45, 7) is 8.50. The summed E-state index contributed by atoms with van der Waals surface area (Å²) in [6, 6.07) is 13.0. The first-order chi connectivity index (χ1) is 14.3. The fraction of sp³-hybridized carbons (Fsp3) is 0.333. The van der Waals surface area contributed by atoms with Gasteiger partial charge in [-0.15, -0.1) is 11.8 Å². The van der Waals surface area contributed by atoms with Crippen molar-refractivity contribution in [3.63, 3.8) is 0 Å². The van der Waals surface area contributed by atoms with E-state index in [1.54, 1.807) is 0 Å². The quantitative estimate of drug-likeness (QED) is 0.637. The third kappa shape index (κ3) is 4.60. The molecule has 2 aromatic rings. The Morgan fingerprint density at radius 3 is 2.37 bits per heavy atom. The second-order valence-corrected chi connectivity index (χ2v) is 8.85. The molecule has 158 valence electrons. The lowest BCUT2D eigenvalue weighted by Gasteiger charge is -2.18. The Hall–Kier alpha value is -2.57. The zero-order valence-corrected chi connectivity index (χ0v) is 18.6. The third-order valence-electron chi connectivity index (χ3n) is 4.71. The van der Waals surface area contributed by atoms with E-state index >= 15 is 0 Å². The zero-order valence-electron chi connectivity index (χ0n) is 17.8. The number of rotatable bonds is 8. The van der Waals surface area contributed by atoms with E-state index in [2.05, 4.69) is 13.8 Å². The molecule has 0 unspecified atom stereocenters. The molecule has 0 aliphatic carbocycles. The zero-order chi connectivity index (χ0) is 21.8. The van der Waals surface area contributed by atoms with Gasteiger partial charge in [-0.25, -0.2) is 4.90 Å². The van der Waals surface area contributed by atoms with Gasteiger partial charge in [0.1, 0.15) is 5.75 Å². The van der Waals surface area contributed by atoms with Crippen LogP contribution in [-0.4, -0.2) is 35.9 Å². The van der Waals surface area contributed by atoms with Gasteiger partial charge < -0.3 is 9.84 Å². The van der Waals surface area contributed by atoms with Crippen LogP contribution in [0.15, 0.2) is 47.4 Å². The highest BCUT2D eigenvalue weighted by atomic mass is 32.2. The number of benzene rings is 2. The maximum atomic E-state index is 13.4. The molecule has 0 saturated heterocycles. The number of amides is 2. The summed E-state index contributed by atoms with van der Waals surface area (Å²) in [5, 5.41) is 9.27. The van der Waals surface area contributed by atoms with Gasteiger partial charge in [-0.1, -0.05) is 38.1 Å². The Morgan fingerprint density at radius 1 is 1.03 bits per heavy atom. The Bertz CT molecular complexity index is 979. The highest BCUT2D eigenvalue weighted by Crippen LogP contribution is 2.39. The largest absolute Gasteiger partial charge is 0.493 e. The molecule has 2 amide bonds. The predicted octanol–water partition coefficient (Wildman–Crippen LogP) is 4.35. The Labute approximate surface area is 181 Å². The van der Waals surface area contributed by atoms with E-state index in [0.29, 0.717) is 40.0 Å². The van der Waals surface area contributed by atoms with E-state index in [1.165, 1.54) is 16.7 Å². The summed E-state index contributed by atoms with van der Waals surface area (Å²) < 4.78 is 5.73. The minimum Gasteiger partial charge on any atom is -0.493 e. The van der Waals surface area contributed by atoms with E-state index in [1.807, 2.05) is 56.3 Å². The Morgan fingerprint density at radius 2 is 1.73 bits per heavy atom. The van der Waals surface area contributed by atoms with Crippen molar-refractivity contribution in [3.8, 4) is 5.75 Å². The molecule has 6 heteroatoms. The third-order valence-corrected chi connectivity index (χ3v) is 5.77. The lowest BCUT2D eigenvalue weighted by atomic mass is 10.1. The van der Waals surface area contributed by atoms with Crippen LogP contribution < -0.4 is 9.64 Å². The number of carbonyl (C=O) groups is 2. The molecule has 5 nitrogen and oxygen atoms in total. The Kier molecular flexibility index (Phi) is 7.00. The molecule has 0 atom stereocenters. The highest BCUT2D eigenvalue weighted by Gasteiger charge is 2.40. The second kappa shape index (κ2) is 9.49. The van der Waals surface area contributed by atoms with Crippen molar-refractivity contribution >= 4 is 34.8 Å². The number of ether oxygens (including phenoxy) is 1. The molecule has 0 bridgehead atoms. The number of aliphatic hydroxyl groups is 1. The van der Waals surface area contributed by atoms with E-state index in [9.17, 15) is 14.7 Å². The summed E-state index contributed by atoms with van der Waals surface area (Å²) in [4.78, 5) is 28.2. The number of imide groups is 1. The van der Waals surface area contributed by atoms with Crippen LogP contribution in [0.1, 0.15) is 30.5 Å². The van der Waals surface area contributed by atoms with E-state index in [4.69, 9.17) is 4.74 Å². The number of thioether (sulfide) groups is 1. The van der Waals surface area contributed by atoms with Gasteiger partial charge in [0, 0.05) is 5.75 Å². The van der Waals surface area contributed by atoms with Gasteiger partial charge in [-0.05, 0) is 54.7 Å². The standard InChI is InChI=1S/C24H27NO4S/c1-15(2)14-29-19-9-7-18(8-10-19)21-22(30-12-11-26)24(28)25(23(21)27)20-13-16(3)5-6-17(20)4/h5-10,13,15,26H,11-12,14H2,1-4H3. The summed E-state index contributed by atoms with van der Waals surface area (Å²) >= 11 is 1.21. The minimum atomic E-state index is -0.345. The van der Waals surface area contributed by atoms with E-state index in [-0.39, 0.29) is 18.4 Å². The SMILES string of the molecule is Cc1ccc(C)c(N2C(=O)C(SCCO)=C(c3ccc(OCC(C)C)cc3)C2=O)c1. The summed E-state index contributed by atoms with van der Waals surface area (Å²) in [5.74, 6) is 0.788. The number of hydrogen-bond donors (Lipinski definition) is 1. The van der Waals surface area contributed by atoms with Gasteiger partial charge in [-0.2, -0.15) is 0 Å². The Balaban J connectivity index is 1.99. The van der Waals surface area contributed by atoms with Crippen molar-refractivity contribution in [1.29, 1.82) is 0 Å². The molecule has 0 spiro atoms. The lowest BCUT2D eigenvalue weighted by molar-refractivity contribution is -0.119. The van der Waals surface area contributed by atoms with Crippen molar-refractivity contribution in [2.75, 3.05) is 23.9 Å². The summed E-state index contributed by atoms with van der Waals surface area (Å²) in [7, 11) is 0. The molecular formula is C24H27NO4S. The van der Waals surface area contributed by atoms with Crippen LogP contribution >= 0.6 is 11.8 Å². The molecule has 1 aliphatic heterocycles. The van der Waals surface area contributed by atoms with Gasteiger partial charge in [0.15, 0.2) is 0 Å². The number of carbonyl (C=O) groups excluding carboxylic acids is 2. The molecule has 0 radical (unpaired) electrons. The van der Waals surface area contributed by atoms with Crippen molar-refractivity contribution in [2.24, 2.45) is 5.92 Å². The number of aliphatic hydroxyl groups excluding tert-OH is 1. The molecular weight excluding hydrogens is 398 g/mol. The topological polar surface area (TPSA) is 66.8 Å². The number of aryl methyl sites for hydroxylation is 2. The molecule has 1 aliphatic rings. The molecule has 0 fully saturated rings. The van der Waals surface area contributed by atoms with Crippen molar-refractivity contribution < 1.29 is 19.4 Å². The lowest BCUT2D eigenvalue weighted by Crippen LogP contribution is -2.32. The van der Waals surface area contributed by atoms with Gasteiger partial charge in [0.05, 0.1) is 29.4 Å². The minimum absolute atomic E-state index is 0.0750. The van der Waals surface area contributed by atoms with Gasteiger partial charge >= 0.3 is 0 Å². The van der Waals surface area contributed by atoms with Crippen LogP contribution in [0.5, 0.6) is 5.75 Å². The first kappa shape index (κ1) is 22.1. The predicted molar refractivity (Wildman–Crippen MR) is 122 cm³/mol. The number of hydrogen-bond acceptors (Lipinski definition) is 5. The van der Waals surface area contributed by atoms with Crippen LogP contribution in [-0.2, 0) is 9.59 Å². The monoisotopic (exact) mass is 425 g/mol. The molecule has 0 aromatic heterocycles. The summed E-state index contributed by atoms with van der Waals surface area (Å²) in [5.41, 5.74) is 3.46. The molecule has 1 N–H and O–H groups in total. The molecule has 2 aromatic carbocycles. The average molecular weight is 426 g/mol. The average Bonchev–Trinajstić information content (AvgIpc) is 2.96. The number of anilines is 1. The van der Waals surface area contributed by atoms with Crippen LogP contribution in [0.25, 0.3) is 5.57 Å². The fourth-order valence-corrected chi connectivity index (χ4v) is 4.07. The van der Waals surface area contributed by atoms with Gasteiger partial charge in [0.2, 0.25) is 0 Å². The van der Waals surface area contributed by atoms with Crippen LogP contribution in [0.4, 0.5) is 5.69 Å². The highest BCUT2D eigenvalue weighted by molar-refractivity contribution is 8.04. The van der Waals surface area contributed by atoms with Crippen LogP contribution in [0.2, 0.25) is 0 Å². The molecule has 3 rings (SSSR count). The van der Waals surface area contributed by atoms with Gasteiger partial charge in [0.25, 0.3) is 11.8 Å². The number of nitrogens with zero attached hydrogens (tertiary/aromatic N) is 1. The van der Waals surface area contributed by atoms with Crippen molar-refractivity contribution in [1.82, 2.24) is 0 Å². The van der Waals surface area contributed by atoms with Gasteiger partial charge in [-0.3, -0.25) is 9.59 Å². The second-order valence-electron chi connectivity index (χ2n) is 7.74. The first-order valence-corrected chi connectivity index (χ1v) is 11.0.